The van der Waals surface area contributed by atoms with Crippen LogP contribution in [0.25, 0.3) is 0 Å². The summed E-state index contributed by atoms with van der Waals surface area (Å²) in [6.45, 7) is 5.42. The number of hydrogen-bond donors (Lipinski definition) is 2. The number of fused-ring (bicyclic) bond motifs is 1. The minimum atomic E-state index is -0.932. The highest BCUT2D eigenvalue weighted by molar-refractivity contribution is 6.23. The quantitative estimate of drug-likeness (QED) is 0.713. The smallest absolute Gasteiger partial charge is 0.262 e. The van der Waals surface area contributed by atoms with E-state index >= 15 is 0 Å². The number of hydrogen-bond acceptors (Lipinski definition) is 6. The highest BCUT2D eigenvalue weighted by atomic mass is 16.2. The molecular formula is C20H24N4O4. The summed E-state index contributed by atoms with van der Waals surface area (Å²) in [7, 11) is 0. The average Bonchev–Trinajstić information content (AvgIpc) is 3.13. The van der Waals surface area contributed by atoms with Crippen LogP contribution in [0.5, 0.6) is 0 Å². The van der Waals surface area contributed by atoms with Gasteiger partial charge in [-0.15, -0.1) is 0 Å². The first-order chi connectivity index (χ1) is 13.4. The van der Waals surface area contributed by atoms with Crippen molar-refractivity contribution in [2.45, 2.75) is 32.4 Å². The number of carbonyl (C=O) groups is 4. The highest BCUT2D eigenvalue weighted by Gasteiger charge is 2.44. The molecule has 0 bridgehead atoms. The Labute approximate surface area is 163 Å². The molecule has 0 aromatic heterocycles. The van der Waals surface area contributed by atoms with E-state index in [9.17, 15) is 19.2 Å². The van der Waals surface area contributed by atoms with Gasteiger partial charge in [-0.2, -0.15) is 0 Å². The van der Waals surface area contributed by atoms with E-state index in [4.69, 9.17) is 5.73 Å². The third-order valence-electron chi connectivity index (χ3n) is 6.06. The van der Waals surface area contributed by atoms with Gasteiger partial charge >= 0.3 is 0 Å². The van der Waals surface area contributed by atoms with Crippen LogP contribution >= 0.6 is 0 Å². The van der Waals surface area contributed by atoms with E-state index in [2.05, 4.69) is 17.1 Å². The zero-order valence-electron chi connectivity index (χ0n) is 15.8. The van der Waals surface area contributed by atoms with Gasteiger partial charge in [0.05, 0.1) is 11.1 Å². The van der Waals surface area contributed by atoms with Crippen LogP contribution in [0.4, 0.5) is 0 Å². The minimum absolute atomic E-state index is 0.116. The first-order valence-corrected chi connectivity index (χ1v) is 9.66. The Kier molecular flexibility index (Phi) is 4.76. The molecule has 3 heterocycles. The molecule has 148 valence electrons. The first-order valence-electron chi connectivity index (χ1n) is 9.66. The largest absolute Gasteiger partial charge is 0.330 e. The normalized spacial score (nSPS) is 28.1. The molecule has 0 saturated carbocycles. The van der Waals surface area contributed by atoms with Gasteiger partial charge in [-0.1, -0.05) is 13.0 Å². The maximum absolute atomic E-state index is 12.9. The summed E-state index contributed by atoms with van der Waals surface area (Å²) in [5.41, 5.74) is 7.42. The predicted molar refractivity (Wildman–Crippen MR) is 100 cm³/mol. The fourth-order valence-electron chi connectivity index (χ4n) is 4.45. The van der Waals surface area contributed by atoms with E-state index in [-0.39, 0.29) is 18.7 Å². The second-order valence-corrected chi connectivity index (χ2v) is 7.99. The van der Waals surface area contributed by atoms with E-state index < -0.39 is 23.8 Å². The maximum Gasteiger partial charge on any atom is 0.262 e. The monoisotopic (exact) mass is 384 g/mol. The standard InChI is InChI=1S/C20H24N4O4/c1-11-8-23(10-13(11)7-21)9-12-2-3-14-15(6-12)20(28)24(19(14)27)16-4-5-17(25)22-18(16)26/h2-3,6,11,13,16H,4-5,7-10,21H2,1H3,(H,22,25,26). The van der Waals surface area contributed by atoms with Gasteiger partial charge in [0.1, 0.15) is 6.04 Å². The lowest BCUT2D eigenvalue weighted by Gasteiger charge is -2.27. The van der Waals surface area contributed by atoms with Crippen LogP contribution in [0.15, 0.2) is 18.2 Å². The molecule has 1 aromatic carbocycles. The molecule has 3 unspecified atom stereocenters. The Bertz CT molecular complexity index is 868. The van der Waals surface area contributed by atoms with Crippen molar-refractivity contribution in [1.29, 1.82) is 0 Å². The maximum atomic E-state index is 12.9. The fourth-order valence-corrected chi connectivity index (χ4v) is 4.45. The van der Waals surface area contributed by atoms with E-state index in [0.29, 0.717) is 36.1 Å². The van der Waals surface area contributed by atoms with Crippen molar-refractivity contribution in [3.63, 3.8) is 0 Å². The Morgan fingerprint density at radius 3 is 2.54 bits per heavy atom. The molecule has 1 aromatic rings. The van der Waals surface area contributed by atoms with Crippen LogP contribution in [-0.4, -0.2) is 59.1 Å². The zero-order chi connectivity index (χ0) is 20.0. The van der Waals surface area contributed by atoms with Crippen molar-refractivity contribution in [1.82, 2.24) is 15.1 Å². The number of imide groups is 2. The molecule has 3 aliphatic heterocycles. The van der Waals surface area contributed by atoms with Crippen LogP contribution in [0.1, 0.15) is 46.0 Å². The van der Waals surface area contributed by atoms with Gasteiger partial charge < -0.3 is 5.73 Å². The third kappa shape index (κ3) is 3.12. The predicted octanol–water partition coefficient (Wildman–Crippen LogP) is 0.114. The van der Waals surface area contributed by atoms with Crippen LogP contribution in [0.2, 0.25) is 0 Å². The summed E-state index contributed by atoms with van der Waals surface area (Å²) in [5, 5.41) is 2.21. The van der Waals surface area contributed by atoms with Gasteiger partial charge in [-0.3, -0.25) is 34.3 Å². The molecule has 4 rings (SSSR count). The van der Waals surface area contributed by atoms with Gasteiger partial charge in [0.2, 0.25) is 11.8 Å². The summed E-state index contributed by atoms with van der Waals surface area (Å²) in [5.74, 6) is -0.906. The molecule has 0 aliphatic carbocycles. The van der Waals surface area contributed by atoms with Gasteiger partial charge in [-0.05, 0) is 42.5 Å². The Hall–Kier alpha value is -2.58. The number of carbonyl (C=O) groups excluding carboxylic acids is 4. The molecule has 2 saturated heterocycles. The number of likely N-dealkylation sites (tertiary alicyclic amines) is 1. The van der Waals surface area contributed by atoms with Crippen LogP contribution < -0.4 is 11.1 Å². The van der Waals surface area contributed by atoms with Gasteiger partial charge in [-0.25, -0.2) is 0 Å². The Morgan fingerprint density at radius 1 is 1.11 bits per heavy atom. The van der Waals surface area contributed by atoms with Gasteiger partial charge in [0.25, 0.3) is 11.8 Å². The second kappa shape index (κ2) is 7.10. The zero-order valence-corrected chi connectivity index (χ0v) is 15.8. The number of nitrogens with zero attached hydrogens (tertiary/aromatic N) is 2. The molecule has 0 spiro atoms. The third-order valence-corrected chi connectivity index (χ3v) is 6.06. The number of benzene rings is 1. The van der Waals surface area contributed by atoms with Crippen LogP contribution in [0, 0.1) is 11.8 Å². The Balaban J connectivity index is 1.53. The van der Waals surface area contributed by atoms with Crippen molar-refractivity contribution in [3.05, 3.63) is 34.9 Å². The SMILES string of the molecule is CC1CN(Cc2ccc3c(c2)C(=O)N(C2CCC(=O)NC2=O)C3=O)CC1CN. The Morgan fingerprint density at radius 2 is 1.86 bits per heavy atom. The molecule has 4 amide bonds. The first kappa shape index (κ1) is 18.8. The molecule has 8 heteroatoms. The molecular weight excluding hydrogens is 360 g/mol. The molecule has 2 fully saturated rings. The number of nitrogens with two attached hydrogens (primary N) is 1. The number of rotatable bonds is 4. The van der Waals surface area contributed by atoms with Gasteiger partial charge in [0.15, 0.2) is 0 Å². The highest BCUT2D eigenvalue weighted by Crippen LogP contribution is 2.29. The van der Waals surface area contributed by atoms with E-state index in [0.717, 1.165) is 23.6 Å². The van der Waals surface area contributed by atoms with Crippen molar-refractivity contribution in [2.24, 2.45) is 17.6 Å². The van der Waals surface area contributed by atoms with Crippen LogP contribution in [-0.2, 0) is 16.1 Å². The number of nitrogens with one attached hydrogen (secondary N) is 1. The summed E-state index contributed by atoms with van der Waals surface area (Å²) in [6.07, 6.45) is 0.277. The van der Waals surface area contributed by atoms with Gasteiger partial charge in [0, 0.05) is 26.1 Å². The molecule has 3 N–H and O–H groups in total. The van der Waals surface area contributed by atoms with Crippen molar-refractivity contribution >= 4 is 23.6 Å². The topological polar surface area (TPSA) is 113 Å². The van der Waals surface area contributed by atoms with Crippen LogP contribution in [0.3, 0.4) is 0 Å². The molecule has 28 heavy (non-hydrogen) atoms. The lowest BCUT2D eigenvalue weighted by Crippen LogP contribution is -2.54. The molecule has 0 radical (unpaired) electrons. The van der Waals surface area contributed by atoms with E-state index in [1.807, 2.05) is 6.07 Å². The summed E-state index contributed by atoms with van der Waals surface area (Å²) >= 11 is 0. The average molecular weight is 384 g/mol. The molecule has 3 atom stereocenters. The number of amides is 4. The summed E-state index contributed by atoms with van der Waals surface area (Å²) in [6, 6.07) is 4.34. The lowest BCUT2D eigenvalue weighted by atomic mass is 9.99. The van der Waals surface area contributed by atoms with Crippen molar-refractivity contribution in [3.8, 4) is 0 Å². The van der Waals surface area contributed by atoms with E-state index in [1.54, 1.807) is 12.1 Å². The van der Waals surface area contributed by atoms with E-state index in [1.165, 1.54) is 0 Å². The number of piperidine rings is 1. The minimum Gasteiger partial charge on any atom is -0.330 e. The second-order valence-electron chi connectivity index (χ2n) is 7.99. The summed E-state index contributed by atoms with van der Waals surface area (Å²) < 4.78 is 0. The lowest BCUT2D eigenvalue weighted by molar-refractivity contribution is -0.136. The van der Waals surface area contributed by atoms with Crippen molar-refractivity contribution < 1.29 is 19.2 Å². The summed E-state index contributed by atoms with van der Waals surface area (Å²) in [4.78, 5) is 52.4. The fraction of sp³-hybridized carbons (Fsp3) is 0.500. The van der Waals surface area contributed by atoms with Crippen molar-refractivity contribution in [2.75, 3.05) is 19.6 Å². The molecule has 3 aliphatic rings. The molecule has 8 nitrogen and oxygen atoms in total.